The summed E-state index contributed by atoms with van der Waals surface area (Å²) in [5, 5.41) is 3.48. The van der Waals surface area contributed by atoms with Crippen LogP contribution in [0.15, 0.2) is 18.2 Å². The van der Waals surface area contributed by atoms with Crippen molar-refractivity contribution in [2.75, 3.05) is 0 Å². The van der Waals surface area contributed by atoms with Gasteiger partial charge in [-0.2, -0.15) is 0 Å². The second kappa shape index (κ2) is 4.88. The van der Waals surface area contributed by atoms with E-state index >= 15 is 0 Å². The summed E-state index contributed by atoms with van der Waals surface area (Å²) in [5.41, 5.74) is 3.75. The second-order valence-corrected chi connectivity index (χ2v) is 6.47. The number of hydrogen-bond acceptors (Lipinski definition) is 2. The topological polar surface area (TPSA) is 32.3 Å². The van der Waals surface area contributed by atoms with Crippen LogP contribution in [0.3, 0.4) is 0 Å². The van der Waals surface area contributed by atoms with Gasteiger partial charge in [0.1, 0.15) is 6.17 Å². The maximum absolute atomic E-state index is 12.5. The Bertz CT molecular complexity index is 536. The Balaban J connectivity index is 1.97. The van der Waals surface area contributed by atoms with E-state index < -0.39 is 0 Å². The minimum absolute atomic E-state index is 0.0352. The molecule has 108 valence electrons. The lowest BCUT2D eigenvalue weighted by atomic mass is 10.0. The molecule has 1 heterocycles. The molecule has 1 N–H and O–H groups in total. The number of nitrogens with zero attached hydrogens (tertiary/aromatic N) is 1. The Kier molecular flexibility index (Phi) is 3.33. The van der Waals surface area contributed by atoms with Gasteiger partial charge in [-0.1, -0.05) is 23.8 Å². The predicted octanol–water partition coefficient (Wildman–Crippen LogP) is 2.92. The lowest BCUT2D eigenvalue weighted by Crippen LogP contribution is -2.39. The summed E-state index contributed by atoms with van der Waals surface area (Å²) in [6, 6.07) is 6.75. The maximum atomic E-state index is 12.5. The third-order valence-corrected chi connectivity index (χ3v) is 4.78. The van der Waals surface area contributed by atoms with Gasteiger partial charge in [0.05, 0.1) is 6.04 Å². The van der Waals surface area contributed by atoms with E-state index in [2.05, 4.69) is 49.2 Å². The van der Waals surface area contributed by atoms with Crippen molar-refractivity contribution in [2.24, 2.45) is 5.92 Å². The molecular weight excluding hydrogens is 248 g/mol. The lowest BCUT2D eigenvalue weighted by molar-refractivity contribution is -0.132. The number of hydrogen-bond donors (Lipinski definition) is 1. The van der Waals surface area contributed by atoms with Crippen LogP contribution in [0, 0.1) is 19.8 Å². The number of aryl methyl sites for hydroxylation is 2. The van der Waals surface area contributed by atoms with E-state index in [0.717, 1.165) is 0 Å². The smallest absolute Gasteiger partial charge is 0.241 e. The van der Waals surface area contributed by atoms with Crippen LogP contribution < -0.4 is 5.32 Å². The summed E-state index contributed by atoms with van der Waals surface area (Å²) >= 11 is 0. The summed E-state index contributed by atoms with van der Waals surface area (Å²) in [4.78, 5) is 14.6. The highest BCUT2D eigenvalue weighted by Gasteiger charge is 2.44. The number of nitrogens with one attached hydrogen (secondary N) is 1. The minimum Gasteiger partial charge on any atom is -0.319 e. The molecule has 2 aliphatic rings. The number of carbonyl (C=O) groups excluding carboxylic acids is 1. The number of rotatable bonds is 3. The molecule has 1 aromatic rings. The molecule has 1 aliphatic heterocycles. The van der Waals surface area contributed by atoms with Crippen molar-refractivity contribution in [2.45, 2.75) is 58.8 Å². The van der Waals surface area contributed by atoms with Crippen molar-refractivity contribution in [3.05, 3.63) is 34.9 Å². The minimum atomic E-state index is -0.0823. The highest BCUT2D eigenvalue weighted by atomic mass is 16.2. The van der Waals surface area contributed by atoms with Crippen molar-refractivity contribution < 1.29 is 4.79 Å². The molecule has 0 radical (unpaired) electrons. The van der Waals surface area contributed by atoms with Crippen LogP contribution >= 0.6 is 0 Å². The van der Waals surface area contributed by atoms with Crippen molar-refractivity contribution in [1.29, 1.82) is 0 Å². The fourth-order valence-corrected chi connectivity index (χ4v) is 3.27. The summed E-state index contributed by atoms with van der Waals surface area (Å²) in [6.07, 6.45) is 2.56. The first-order valence-corrected chi connectivity index (χ1v) is 7.64. The van der Waals surface area contributed by atoms with E-state index in [0.29, 0.717) is 12.0 Å². The quantitative estimate of drug-likeness (QED) is 0.917. The van der Waals surface area contributed by atoms with Crippen LogP contribution in [0.4, 0.5) is 0 Å². The molecule has 3 atom stereocenters. The van der Waals surface area contributed by atoms with Crippen LogP contribution in [-0.4, -0.2) is 22.9 Å². The molecule has 3 heteroatoms. The monoisotopic (exact) mass is 272 g/mol. The third kappa shape index (κ3) is 2.24. The summed E-state index contributed by atoms with van der Waals surface area (Å²) in [6.45, 7) is 8.41. The van der Waals surface area contributed by atoms with Gasteiger partial charge in [-0.25, -0.2) is 0 Å². The fourth-order valence-electron chi connectivity index (χ4n) is 3.27. The predicted molar refractivity (Wildman–Crippen MR) is 80.3 cm³/mol. The van der Waals surface area contributed by atoms with E-state index in [1.807, 2.05) is 6.92 Å². The van der Waals surface area contributed by atoms with Crippen molar-refractivity contribution in [1.82, 2.24) is 10.2 Å². The SMILES string of the molecule is Cc1ccc(C)c(C2NC(C)C(=O)N2C(C)C2CC2)c1. The maximum Gasteiger partial charge on any atom is 0.241 e. The zero-order valence-corrected chi connectivity index (χ0v) is 12.8. The lowest BCUT2D eigenvalue weighted by Gasteiger charge is -2.31. The zero-order valence-electron chi connectivity index (χ0n) is 12.8. The Morgan fingerprint density at radius 1 is 1.30 bits per heavy atom. The molecular formula is C17H24N2O. The van der Waals surface area contributed by atoms with Gasteiger partial charge in [0.25, 0.3) is 0 Å². The highest BCUT2D eigenvalue weighted by molar-refractivity contribution is 5.84. The average Bonchev–Trinajstić information content (AvgIpc) is 3.20. The standard InChI is InChI=1S/C17H24N2O/c1-10-5-6-11(2)15(9-10)16-18-12(3)17(20)19(16)13(4)14-7-8-14/h5-6,9,12-14,16,18H,7-8H2,1-4H3. The number of benzene rings is 1. The Morgan fingerprint density at radius 3 is 2.65 bits per heavy atom. The first-order chi connectivity index (χ1) is 9.49. The number of carbonyl (C=O) groups is 1. The van der Waals surface area contributed by atoms with E-state index in [1.54, 1.807) is 0 Å². The van der Waals surface area contributed by atoms with Crippen LogP contribution in [-0.2, 0) is 4.79 Å². The van der Waals surface area contributed by atoms with Gasteiger partial charge in [-0.15, -0.1) is 0 Å². The molecule has 2 fully saturated rings. The van der Waals surface area contributed by atoms with E-state index in [-0.39, 0.29) is 18.1 Å². The van der Waals surface area contributed by atoms with E-state index in [9.17, 15) is 4.79 Å². The molecule has 1 aromatic carbocycles. The van der Waals surface area contributed by atoms with Crippen LogP contribution in [0.25, 0.3) is 0 Å². The van der Waals surface area contributed by atoms with Gasteiger partial charge < -0.3 is 4.90 Å². The molecule has 1 saturated heterocycles. The molecule has 1 aliphatic carbocycles. The van der Waals surface area contributed by atoms with Gasteiger partial charge in [-0.05, 0) is 57.6 Å². The molecule has 0 bridgehead atoms. The first kappa shape index (κ1) is 13.6. The Hall–Kier alpha value is -1.35. The van der Waals surface area contributed by atoms with Gasteiger partial charge in [0.2, 0.25) is 5.91 Å². The molecule has 3 unspecified atom stereocenters. The van der Waals surface area contributed by atoms with Gasteiger partial charge in [0, 0.05) is 6.04 Å². The largest absolute Gasteiger partial charge is 0.319 e. The van der Waals surface area contributed by atoms with Gasteiger partial charge >= 0.3 is 0 Å². The molecule has 0 aromatic heterocycles. The highest BCUT2D eigenvalue weighted by Crippen LogP contribution is 2.40. The zero-order chi connectivity index (χ0) is 14.4. The van der Waals surface area contributed by atoms with E-state index in [1.165, 1.54) is 29.5 Å². The second-order valence-electron chi connectivity index (χ2n) is 6.47. The molecule has 1 saturated carbocycles. The normalized spacial score (nSPS) is 28.0. The van der Waals surface area contributed by atoms with Crippen molar-refractivity contribution >= 4 is 5.91 Å². The molecule has 3 nitrogen and oxygen atoms in total. The van der Waals surface area contributed by atoms with Crippen LogP contribution in [0.5, 0.6) is 0 Å². The molecule has 1 amide bonds. The Labute approximate surface area is 121 Å². The Morgan fingerprint density at radius 2 is 2.00 bits per heavy atom. The van der Waals surface area contributed by atoms with Crippen molar-refractivity contribution in [3.8, 4) is 0 Å². The average molecular weight is 272 g/mol. The summed E-state index contributed by atoms with van der Waals surface area (Å²) < 4.78 is 0. The third-order valence-electron chi connectivity index (χ3n) is 4.78. The van der Waals surface area contributed by atoms with Gasteiger partial charge in [0.15, 0.2) is 0 Å². The summed E-state index contributed by atoms with van der Waals surface area (Å²) in [7, 11) is 0. The summed E-state index contributed by atoms with van der Waals surface area (Å²) in [5.74, 6) is 0.939. The van der Waals surface area contributed by atoms with E-state index in [4.69, 9.17) is 0 Å². The fraction of sp³-hybridized carbons (Fsp3) is 0.588. The van der Waals surface area contributed by atoms with Crippen LogP contribution in [0.2, 0.25) is 0 Å². The molecule has 0 spiro atoms. The molecule has 20 heavy (non-hydrogen) atoms. The molecule has 3 rings (SSSR count). The van der Waals surface area contributed by atoms with Crippen molar-refractivity contribution in [3.63, 3.8) is 0 Å². The van der Waals surface area contributed by atoms with Gasteiger partial charge in [-0.3, -0.25) is 10.1 Å². The van der Waals surface area contributed by atoms with Crippen LogP contribution in [0.1, 0.15) is 49.5 Å². The number of amides is 1. The first-order valence-electron chi connectivity index (χ1n) is 7.64.